The van der Waals surface area contributed by atoms with Crippen LogP contribution in [-0.4, -0.2) is 60.6 Å². The van der Waals surface area contributed by atoms with Crippen molar-refractivity contribution in [1.29, 1.82) is 0 Å². The van der Waals surface area contributed by atoms with E-state index in [1.54, 1.807) is 48.7 Å². The zero-order valence-electron chi connectivity index (χ0n) is 15.3. The molecule has 2 amide bonds. The second kappa shape index (κ2) is 7.49. The van der Waals surface area contributed by atoms with Crippen LogP contribution in [0, 0.1) is 0 Å². The smallest absolute Gasteiger partial charge is 0.420 e. The third-order valence-electron chi connectivity index (χ3n) is 3.20. The van der Waals surface area contributed by atoms with Crippen LogP contribution >= 0.6 is 0 Å². The Kier molecular flexibility index (Phi) is 6.41. The number of methoxy groups -OCH3 is 1. The average Bonchev–Trinajstić information content (AvgIpc) is 2.35. The molecule has 1 rings (SSSR count). The third-order valence-corrected chi connectivity index (χ3v) is 3.20. The van der Waals surface area contributed by atoms with E-state index in [-0.39, 0.29) is 6.10 Å². The quantitative estimate of drug-likeness (QED) is 0.838. The molecule has 134 valence electrons. The van der Waals surface area contributed by atoms with Gasteiger partial charge in [0.05, 0.1) is 12.1 Å². The molecule has 2 unspecified atom stereocenters. The number of piperidine rings is 1. The first-order chi connectivity index (χ1) is 10.4. The molecule has 1 aliphatic rings. The summed E-state index contributed by atoms with van der Waals surface area (Å²) in [4.78, 5) is 26.2. The number of amides is 2. The van der Waals surface area contributed by atoms with Crippen molar-refractivity contribution >= 4 is 12.2 Å². The number of hydrogen-bond acceptors (Lipinski definition) is 6. The molecule has 0 aromatic heterocycles. The Morgan fingerprint density at radius 3 is 1.87 bits per heavy atom. The van der Waals surface area contributed by atoms with Gasteiger partial charge in [-0.3, -0.25) is 0 Å². The molecule has 0 spiro atoms. The van der Waals surface area contributed by atoms with Crippen LogP contribution in [0.2, 0.25) is 0 Å². The highest BCUT2D eigenvalue weighted by Gasteiger charge is 2.41. The van der Waals surface area contributed by atoms with E-state index in [0.717, 1.165) is 11.4 Å². The molecule has 7 nitrogen and oxygen atoms in total. The number of nitrogens with zero attached hydrogens (tertiary/aromatic N) is 1. The lowest BCUT2D eigenvalue weighted by molar-refractivity contribution is -0.0384. The Bertz CT molecular complexity index is 397. The fourth-order valence-corrected chi connectivity index (χ4v) is 2.32. The monoisotopic (exact) mass is 330 g/mol. The zero-order valence-corrected chi connectivity index (χ0v) is 15.3. The minimum Gasteiger partial charge on any atom is -0.443 e. The van der Waals surface area contributed by atoms with Crippen molar-refractivity contribution in [2.24, 2.45) is 0 Å². The molecular weight excluding hydrogens is 300 g/mol. The van der Waals surface area contributed by atoms with E-state index in [4.69, 9.17) is 14.2 Å². The summed E-state index contributed by atoms with van der Waals surface area (Å²) >= 11 is 0. The van der Waals surface area contributed by atoms with Gasteiger partial charge >= 0.3 is 12.2 Å². The van der Waals surface area contributed by atoms with E-state index >= 15 is 0 Å². The van der Waals surface area contributed by atoms with E-state index in [0.29, 0.717) is 13.0 Å². The fraction of sp³-hybridized carbons (Fsp3) is 0.875. The second-order valence-corrected chi connectivity index (χ2v) is 7.66. The van der Waals surface area contributed by atoms with Crippen molar-refractivity contribution in [2.75, 3.05) is 20.2 Å². The van der Waals surface area contributed by atoms with Gasteiger partial charge in [0, 0.05) is 13.7 Å². The molecule has 1 fully saturated rings. The molecule has 7 heteroatoms. The topological polar surface area (TPSA) is 77.1 Å². The van der Waals surface area contributed by atoms with Crippen LogP contribution in [0.15, 0.2) is 0 Å². The highest BCUT2D eigenvalue weighted by Crippen LogP contribution is 2.21. The molecule has 1 heterocycles. The summed E-state index contributed by atoms with van der Waals surface area (Å²) < 4.78 is 16.2. The van der Waals surface area contributed by atoms with Crippen LogP contribution < -0.4 is 5.32 Å². The molecule has 0 aliphatic carbocycles. The van der Waals surface area contributed by atoms with E-state index in [1.807, 2.05) is 0 Å². The average molecular weight is 330 g/mol. The molecule has 0 aromatic rings. The van der Waals surface area contributed by atoms with Gasteiger partial charge in [0.25, 0.3) is 0 Å². The predicted molar refractivity (Wildman–Crippen MR) is 86.4 cm³/mol. The molecule has 2 atom stereocenters. The number of carbonyl (C=O) groups excluding carboxylic acids is 2. The number of imide groups is 1. The summed E-state index contributed by atoms with van der Waals surface area (Å²) in [5.74, 6) is 0. The molecular formula is C16H30N2O5. The maximum atomic E-state index is 12.6. The predicted octanol–water partition coefficient (Wildman–Crippen LogP) is 2.54. The first-order valence-electron chi connectivity index (χ1n) is 7.93. The number of rotatable bonds is 2. The Labute approximate surface area is 138 Å². The van der Waals surface area contributed by atoms with Gasteiger partial charge in [-0.15, -0.1) is 0 Å². The van der Waals surface area contributed by atoms with Gasteiger partial charge < -0.3 is 19.5 Å². The normalized spacial score (nSPS) is 22.4. The molecule has 1 saturated heterocycles. The minimum atomic E-state index is -0.720. The largest absolute Gasteiger partial charge is 0.443 e. The van der Waals surface area contributed by atoms with E-state index in [9.17, 15) is 9.59 Å². The molecule has 1 aliphatic heterocycles. The molecule has 23 heavy (non-hydrogen) atoms. The Morgan fingerprint density at radius 1 is 1.00 bits per heavy atom. The Balaban J connectivity index is 3.04. The third kappa shape index (κ3) is 6.35. The van der Waals surface area contributed by atoms with Crippen LogP contribution in [0.25, 0.3) is 0 Å². The first kappa shape index (κ1) is 19.7. The first-order valence-corrected chi connectivity index (χ1v) is 7.93. The van der Waals surface area contributed by atoms with E-state index < -0.39 is 29.4 Å². The number of hydrogen-bond donors (Lipinski definition) is 1. The van der Waals surface area contributed by atoms with Crippen molar-refractivity contribution in [3.63, 3.8) is 0 Å². The van der Waals surface area contributed by atoms with E-state index in [2.05, 4.69) is 5.32 Å². The zero-order chi connectivity index (χ0) is 17.8. The SMILES string of the molecule is COC1CCNCC1N(C(=O)OC(C)(C)C)C(=O)OC(C)(C)C. The van der Waals surface area contributed by atoms with Crippen molar-refractivity contribution in [2.45, 2.75) is 71.3 Å². The molecule has 1 N–H and O–H groups in total. The second-order valence-electron chi connectivity index (χ2n) is 7.66. The van der Waals surface area contributed by atoms with Gasteiger partial charge in [0.1, 0.15) is 11.2 Å². The standard InChI is InChI=1S/C16H30N2O5/c1-15(2,3)22-13(19)18(14(20)23-16(4,5)6)11-10-17-9-8-12(11)21-7/h11-12,17H,8-10H2,1-7H3. The van der Waals surface area contributed by atoms with Crippen molar-refractivity contribution in [3.05, 3.63) is 0 Å². The fourth-order valence-electron chi connectivity index (χ4n) is 2.32. The highest BCUT2D eigenvalue weighted by atomic mass is 16.6. The van der Waals surface area contributed by atoms with Crippen LogP contribution in [0.1, 0.15) is 48.0 Å². The summed E-state index contributed by atoms with van der Waals surface area (Å²) in [5, 5.41) is 3.18. The molecule has 0 bridgehead atoms. The van der Waals surface area contributed by atoms with E-state index in [1.165, 1.54) is 0 Å². The molecule has 0 saturated carbocycles. The maximum absolute atomic E-state index is 12.6. The van der Waals surface area contributed by atoms with Crippen LogP contribution in [0.4, 0.5) is 9.59 Å². The van der Waals surface area contributed by atoms with Gasteiger partial charge in [-0.25, -0.2) is 14.5 Å². The van der Waals surface area contributed by atoms with Gasteiger partial charge in [0.2, 0.25) is 0 Å². The van der Waals surface area contributed by atoms with Crippen LogP contribution in [-0.2, 0) is 14.2 Å². The van der Waals surface area contributed by atoms with Crippen molar-refractivity contribution in [3.8, 4) is 0 Å². The van der Waals surface area contributed by atoms with Gasteiger partial charge in [-0.2, -0.15) is 0 Å². The van der Waals surface area contributed by atoms with Crippen molar-refractivity contribution < 1.29 is 23.8 Å². The number of nitrogens with one attached hydrogen (secondary N) is 1. The number of carbonyl (C=O) groups is 2. The summed E-state index contributed by atoms with van der Waals surface area (Å²) in [6.45, 7) is 11.7. The Morgan fingerprint density at radius 2 is 1.48 bits per heavy atom. The van der Waals surface area contributed by atoms with Gasteiger partial charge in [-0.05, 0) is 54.5 Å². The maximum Gasteiger partial charge on any atom is 0.420 e. The lowest BCUT2D eigenvalue weighted by Crippen LogP contribution is -2.59. The molecule has 0 radical (unpaired) electrons. The van der Waals surface area contributed by atoms with Crippen LogP contribution in [0.3, 0.4) is 0 Å². The summed E-state index contributed by atoms with van der Waals surface area (Å²) in [6, 6.07) is -0.474. The lowest BCUT2D eigenvalue weighted by Gasteiger charge is -2.39. The summed E-state index contributed by atoms with van der Waals surface area (Å²) in [7, 11) is 1.57. The minimum absolute atomic E-state index is 0.253. The van der Waals surface area contributed by atoms with Crippen LogP contribution in [0.5, 0.6) is 0 Å². The highest BCUT2D eigenvalue weighted by molar-refractivity contribution is 5.88. The summed E-state index contributed by atoms with van der Waals surface area (Å²) in [6.07, 6.45) is -0.996. The van der Waals surface area contributed by atoms with Gasteiger partial charge in [0.15, 0.2) is 0 Å². The lowest BCUT2D eigenvalue weighted by atomic mass is 10.0. The van der Waals surface area contributed by atoms with Gasteiger partial charge in [-0.1, -0.05) is 0 Å². The van der Waals surface area contributed by atoms with Crippen molar-refractivity contribution in [1.82, 2.24) is 10.2 Å². The Hall–Kier alpha value is -1.34. The number of ether oxygens (including phenoxy) is 3. The molecule has 0 aromatic carbocycles. The summed E-state index contributed by atoms with van der Waals surface area (Å²) in [5.41, 5.74) is -1.41.